The fourth-order valence-electron chi connectivity index (χ4n) is 1.42. The van der Waals surface area contributed by atoms with E-state index in [1.807, 2.05) is 0 Å². The summed E-state index contributed by atoms with van der Waals surface area (Å²) in [7, 11) is 1.38. The highest BCUT2D eigenvalue weighted by Gasteiger charge is 2.36. The van der Waals surface area contributed by atoms with Crippen molar-refractivity contribution >= 4 is 5.84 Å². The Balaban J connectivity index is 2.92. The first-order chi connectivity index (χ1) is 9.29. The summed E-state index contributed by atoms with van der Waals surface area (Å²) in [4.78, 5) is 0. The Labute approximate surface area is 113 Å². The monoisotopic (exact) mass is 292 g/mol. The molecule has 0 saturated carbocycles. The number of benzene rings is 1. The number of ether oxygens (including phenoxy) is 2. The smallest absolute Gasteiger partial charge is 0.414 e. The van der Waals surface area contributed by atoms with Crippen LogP contribution in [0.3, 0.4) is 0 Å². The number of alkyl halides is 3. The van der Waals surface area contributed by atoms with Crippen molar-refractivity contribution in [1.29, 1.82) is 0 Å². The summed E-state index contributed by atoms with van der Waals surface area (Å²) >= 11 is 0. The maximum Gasteiger partial charge on any atom is 0.414 e. The molecule has 0 aromatic heterocycles. The number of amidine groups is 1. The molecule has 112 valence electrons. The first kappa shape index (κ1) is 16.1. The minimum absolute atomic E-state index is 0.155. The second-order valence-electron chi connectivity index (χ2n) is 4.01. The zero-order chi connectivity index (χ0) is 15.3. The average Bonchev–Trinajstić information content (AvgIpc) is 2.42. The highest BCUT2D eigenvalue weighted by atomic mass is 19.4. The second kappa shape index (κ2) is 6.47. The molecule has 0 aliphatic rings. The van der Waals surface area contributed by atoms with Crippen LogP contribution in [0.15, 0.2) is 23.4 Å². The van der Waals surface area contributed by atoms with Gasteiger partial charge in [0.1, 0.15) is 5.75 Å². The van der Waals surface area contributed by atoms with E-state index in [1.165, 1.54) is 25.3 Å². The molecule has 3 N–H and O–H groups in total. The van der Waals surface area contributed by atoms with Crippen molar-refractivity contribution in [2.75, 3.05) is 7.11 Å². The van der Waals surface area contributed by atoms with E-state index in [0.717, 1.165) is 6.92 Å². The third-order valence-electron chi connectivity index (χ3n) is 2.63. The highest BCUT2D eigenvalue weighted by Crippen LogP contribution is 2.26. The third kappa shape index (κ3) is 4.02. The summed E-state index contributed by atoms with van der Waals surface area (Å²) in [6.07, 6.45) is -6.34. The number of hydrogen-bond donors (Lipinski definition) is 2. The van der Waals surface area contributed by atoms with E-state index >= 15 is 0 Å². The number of nitrogens with zero attached hydrogens (tertiary/aromatic N) is 1. The Bertz CT molecular complexity index is 489. The van der Waals surface area contributed by atoms with Crippen molar-refractivity contribution in [3.63, 3.8) is 0 Å². The van der Waals surface area contributed by atoms with Crippen molar-refractivity contribution in [1.82, 2.24) is 0 Å². The molecule has 0 aliphatic carbocycles. The van der Waals surface area contributed by atoms with E-state index in [4.69, 9.17) is 20.4 Å². The molecule has 1 unspecified atom stereocenters. The molecule has 0 amide bonds. The summed E-state index contributed by atoms with van der Waals surface area (Å²) in [5, 5.41) is 11.4. The van der Waals surface area contributed by atoms with Crippen LogP contribution < -0.4 is 10.5 Å². The van der Waals surface area contributed by atoms with Gasteiger partial charge >= 0.3 is 6.18 Å². The van der Waals surface area contributed by atoms with Gasteiger partial charge in [0.2, 0.25) is 0 Å². The number of halogens is 3. The Hall–Kier alpha value is -1.96. The summed E-state index contributed by atoms with van der Waals surface area (Å²) in [6, 6.07) is 4.46. The lowest BCUT2D eigenvalue weighted by Crippen LogP contribution is -2.28. The lowest BCUT2D eigenvalue weighted by atomic mass is 10.1. The summed E-state index contributed by atoms with van der Waals surface area (Å²) in [5.74, 6) is 0.201. The molecule has 0 aliphatic heterocycles. The van der Waals surface area contributed by atoms with Crippen molar-refractivity contribution in [2.24, 2.45) is 10.9 Å². The molecule has 0 fully saturated rings. The predicted molar refractivity (Wildman–Crippen MR) is 65.8 cm³/mol. The van der Waals surface area contributed by atoms with Gasteiger partial charge in [0.15, 0.2) is 11.9 Å². The van der Waals surface area contributed by atoms with Gasteiger partial charge in [0.25, 0.3) is 0 Å². The number of rotatable bonds is 5. The van der Waals surface area contributed by atoms with Gasteiger partial charge in [0.05, 0.1) is 13.7 Å². The predicted octanol–water partition coefficient (Wildman–Crippen LogP) is 2.26. The molecular weight excluding hydrogens is 277 g/mol. The zero-order valence-electron chi connectivity index (χ0n) is 10.9. The van der Waals surface area contributed by atoms with Crippen LogP contribution in [-0.2, 0) is 11.3 Å². The van der Waals surface area contributed by atoms with Gasteiger partial charge in [-0.15, -0.1) is 0 Å². The Morgan fingerprint density at radius 3 is 2.60 bits per heavy atom. The van der Waals surface area contributed by atoms with Crippen LogP contribution in [0.2, 0.25) is 0 Å². The minimum atomic E-state index is -4.43. The molecule has 8 heteroatoms. The fourth-order valence-corrected chi connectivity index (χ4v) is 1.42. The van der Waals surface area contributed by atoms with Gasteiger partial charge in [-0.2, -0.15) is 13.2 Å². The number of methoxy groups -OCH3 is 1. The number of oxime groups is 1. The Morgan fingerprint density at radius 1 is 1.45 bits per heavy atom. The van der Waals surface area contributed by atoms with Gasteiger partial charge in [-0.05, 0) is 25.1 Å². The highest BCUT2D eigenvalue weighted by molar-refractivity contribution is 5.97. The Morgan fingerprint density at radius 2 is 2.10 bits per heavy atom. The lowest BCUT2D eigenvalue weighted by Gasteiger charge is -2.17. The molecule has 1 atom stereocenters. The van der Waals surface area contributed by atoms with Crippen molar-refractivity contribution < 1.29 is 27.9 Å². The maximum absolute atomic E-state index is 12.4. The third-order valence-corrected chi connectivity index (χ3v) is 2.63. The van der Waals surface area contributed by atoms with E-state index in [2.05, 4.69) is 5.16 Å². The molecule has 0 spiro atoms. The van der Waals surface area contributed by atoms with Crippen molar-refractivity contribution in [3.8, 4) is 5.75 Å². The molecule has 1 aromatic carbocycles. The second-order valence-corrected chi connectivity index (χ2v) is 4.01. The summed E-state index contributed by atoms with van der Waals surface area (Å²) in [6.45, 7) is 0.607. The average molecular weight is 292 g/mol. The maximum atomic E-state index is 12.4. The first-order valence-electron chi connectivity index (χ1n) is 5.62. The molecule has 0 heterocycles. The van der Waals surface area contributed by atoms with Gasteiger partial charge in [0, 0.05) is 11.1 Å². The number of nitrogens with two attached hydrogens (primary N) is 1. The standard InChI is InChI=1S/C12H15F3N2O3/c1-7(12(13,14)15)20-6-9-5-8(11(16)17-18)3-4-10(9)19-2/h3-5,7,18H,6H2,1-2H3,(H2,16,17). The topological polar surface area (TPSA) is 77.1 Å². The van der Waals surface area contributed by atoms with E-state index in [9.17, 15) is 13.2 Å². The zero-order valence-corrected chi connectivity index (χ0v) is 10.9. The molecule has 1 aromatic rings. The van der Waals surface area contributed by atoms with Gasteiger partial charge < -0.3 is 20.4 Å². The SMILES string of the molecule is COc1ccc(/C(N)=N/O)cc1COC(C)C(F)(F)F. The summed E-state index contributed by atoms with van der Waals surface area (Å²) < 4.78 is 46.9. The molecule has 0 radical (unpaired) electrons. The van der Waals surface area contributed by atoms with E-state index in [1.54, 1.807) is 0 Å². The summed E-state index contributed by atoms with van der Waals surface area (Å²) in [5.41, 5.74) is 6.14. The van der Waals surface area contributed by atoms with E-state index < -0.39 is 12.3 Å². The molecule has 5 nitrogen and oxygen atoms in total. The largest absolute Gasteiger partial charge is 0.496 e. The van der Waals surface area contributed by atoms with Crippen molar-refractivity contribution in [2.45, 2.75) is 25.8 Å². The molecule has 20 heavy (non-hydrogen) atoms. The van der Waals surface area contributed by atoms with Crippen LogP contribution in [0.5, 0.6) is 5.75 Å². The van der Waals surface area contributed by atoms with Gasteiger partial charge in [-0.1, -0.05) is 5.16 Å². The molecule has 1 rings (SSSR count). The lowest BCUT2D eigenvalue weighted by molar-refractivity contribution is -0.217. The molecule has 0 saturated heterocycles. The fraction of sp³-hybridized carbons (Fsp3) is 0.417. The quantitative estimate of drug-likeness (QED) is 0.378. The van der Waals surface area contributed by atoms with E-state index in [0.29, 0.717) is 16.9 Å². The van der Waals surface area contributed by atoms with Crippen LogP contribution in [0.4, 0.5) is 13.2 Å². The normalized spacial score (nSPS) is 14.2. The molecular formula is C12H15F3N2O3. The van der Waals surface area contributed by atoms with Crippen LogP contribution in [0.25, 0.3) is 0 Å². The number of hydrogen-bond acceptors (Lipinski definition) is 4. The van der Waals surface area contributed by atoms with Crippen LogP contribution >= 0.6 is 0 Å². The van der Waals surface area contributed by atoms with Gasteiger partial charge in [-0.3, -0.25) is 0 Å². The Kier molecular flexibility index (Phi) is 5.20. The van der Waals surface area contributed by atoms with Crippen LogP contribution in [0.1, 0.15) is 18.1 Å². The van der Waals surface area contributed by atoms with Crippen molar-refractivity contribution in [3.05, 3.63) is 29.3 Å². The first-order valence-corrected chi connectivity index (χ1v) is 5.62. The van der Waals surface area contributed by atoms with Crippen LogP contribution in [0, 0.1) is 0 Å². The minimum Gasteiger partial charge on any atom is -0.496 e. The van der Waals surface area contributed by atoms with Crippen LogP contribution in [-0.4, -0.2) is 30.4 Å². The van der Waals surface area contributed by atoms with E-state index in [-0.39, 0.29) is 12.4 Å². The molecule has 0 bridgehead atoms. The van der Waals surface area contributed by atoms with Gasteiger partial charge in [-0.25, -0.2) is 0 Å².